The summed E-state index contributed by atoms with van der Waals surface area (Å²) in [7, 11) is 0. The molecular formula is C3H5NO3. The summed E-state index contributed by atoms with van der Waals surface area (Å²) >= 11 is 0. The van der Waals surface area contributed by atoms with Crippen LogP contribution in [0.15, 0.2) is 12.0 Å². The molecule has 1 N–H and O–H groups in total. The molecule has 0 fully saturated rings. The number of hydrogen-bond acceptors (Lipinski definition) is 3. The fourth-order valence-corrected chi connectivity index (χ4v) is 0.153. The number of nitro groups is 1. The zero-order valence-electron chi connectivity index (χ0n) is 3.79. The van der Waals surface area contributed by atoms with Gasteiger partial charge in [-0.2, -0.15) is 0 Å². The maximum atomic E-state index is 9.38. The molecular weight excluding hydrogens is 98.0 g/mol. The monoisotopic (exact) mass is 103 g/mol. The molecule has 0 rings (SSSR count). The topological polar surface area (TPSA) is 63.4 Å². The van der Waals surface area contributed by atoms with E-state index in [-0.39, 0.29) is 5.76 Å². The quantitative estimate of drug-likeness (QED) is 0.301. The molecule has 7 heavy (non-hydrogen) atoms. The summed E-state index contributed by atoms with van der Waals surface area (Å²) in [5.41, 5.74) is 0. The molecule has 0 aromatic rings. The molecule has 4 heteroatoms. The number of aliphatic hydroxyl groups excluding tert-OH is 1. The van der Waals surface area contributed by atoms with Gasteiger partial charge >= 0.3 is 0 Å². The van der Waals surface area contributed by atoms with Gasteiger partial charge in [-0.05, 0) is 6.92 Å². The first-order chi connectivity index (χ1) is 3.13. The van der Waals surface area contributed by atoms with Crippen LogP contribution in [-0.2, 0) is 0 Å². The number of allylic oxidation sites excluding steroid dienone is 1. The molecule has 0 atom stereocenters. The van der Waals surface area contributed by atoms with Crippen molar-refractivity contribution in [1.29, 1.82) is 0 Å². The third-order valence-corrected chi connectivity index (χ3v) is 0.292. The molecule has 0 saturated heterocycles. The second kappa shape index (κ2) is 2.17. The molecule has 0 aliphatic heterocycles. The van der Waals surface area contributed by atoms with Gasteiger partial charge in [0.1, 0.15) is 0 Å². The first-order valence-corrected chi connectivity index (χ1v) is 1.64. The van der Waals surface area contributed by atoms with Crippen LogP contribution in [0, 0.1) is 10.1 Å². The van der Waals surface area contributed by atoms with E-state index in [0.717, 1.165) is 0 Å². The van der Waals surface area contributed by atoms with E-state index in [2.05, 4.69) is 0 Å². The van der Waals surface area contributed by atoms with Gasteiger partial charge in [-0.25, -0.2) is 0 Å². The highest BCUT2D eigenvalue weighted by molar-refractivity contribution is 4.75. The normalized spacial score (nSPS) is 11.3. The van der Waals surface area contributed by atoms with Crippen LogP contribution < -0.4 is 0 Å². The SMILES string of the molecule is C/C(O)=C\[N+](=O)[O-]. The van der Waals surface area contributed by atoms with Crippen molar-refractivity contribution in [3.05, 3.63) is 22.1 Å². The molecule has 0 aromatic heterocycles. The minimum atomic E-state index is -0.713. The first kappa shape index (κ1) is 5.94. The molecule has 0 radical (unpaired) electrons. The van der Waals surface area contributed by atoms with E-state index in [9.17, 15) is 10.1 Å². The molecule has 0 aromatic carbocycles. The van der Waals surface area contributed by atoms with Crippen molar-refractivity contribution in [3.63, 3.8) is 0 Å². The van der Waals surface area contributed by atoms with E-state index in [1.807, 2.05) is 0 Å². The standard InChI is InChI=1S/C3H5NO3/c1-3(5)2-4(6)7/h2,5H,1H3/b3-2+. The van der Waals surface area contributed by atoms with E-state index in [1.165, 1.54) is 6.92 Å². The van der Waals surface area contributed by atoms with Crippen LogP contribution in [-0.4, -0.2) is 10.0 Å². The summed E-state index contributed by atoms with van der Waals surface area (Å²) in [6.07, 6.45) is 0.528. The Hall–Kier alpha value is -1.06. The van der Waals surface area contributed by atoms with E-state index in [4.69, 9.17) is 5.11 Å². The molecule has 4 nitrogen and oxygen atoms in total. The van der Waals surface area contributed by atoms with Gasteiger partial charge in [0.05, 0.1) is 4.92 Å². The van der Waals surface area contributed by atoms with Gasteiger partial charge in [0.25, 0.3) is 6.20 Å². The van der Waals surface area contributed by atoms with Crippen LogP contribution in [0.1, 0.15) is 6.92 Å². The van der Waals surface area contributed by atoms with Crippen LogP contribution in [0.5, 0.6) is 0 Å². The molecule has 0 spiro atoms. The maximum absolute atomic E-state index is 9.38. The van der Waals surface area contributed by atoms with Gasteiger partial charge in [-0.1, -0.05) is 0 Å². The number of hydrogen-bond donors (Lipinski definition) is 1. The van der Waals surface area contributed by atoms with E-state index >= 15 is 0 Å². The Bertz CT molecular complexity index is 103. The second-order valence-electron chi connectivity index (χ2n) is 1.06. The minimum Gasteiger partial charge on any atom is -0.506 e. The van der Waals surface area contributed by atoms with Crippen molar-refractivity contribution in [1.82, 2.24) is 0 Å². The third-order valence-electron chi connectivity index (χ3n) is 0.292. The Balaban J connectivity index is 3.68. The predicted octanol–water partition coefficient (Wildman–Crippen LogP) is 0.682. The Morgan fingerprint density at radius 1 is 2.00 bits per heavy atom. The first-order valence-electron chi connectivity index (χ1n) is 1.64. The summed E-state index contributed by atoms with van der Waals surface area (Å²) < 4.78 is 0. The van der Waals surface area contributed by atoms with E-state index < -0.39 is 4.92 Å². The Morgan fingerprint density at radius 2 is 2.43 bits per heavy atom. The predicted molar refractivity (Wildman–Crippen MR) is 23.4 cm³/mol. The second-order valence-corrected chi connectivity index (χ2v) is 1.06. The number of nitrogens with zero attached hydrogens (tertiary/aromatic N) is 1. The fourth-order valence-electron chi connectivity index (χ4n) is 0.153. The molecule has 0 aliphatic carbocycles. The summed E-state index contributed by atoms with van der Waals surface area (Å²) in [6, 6.07) is 0. The Morgan fingerprint density at radius 3 is 2.43 bits per heavy atom. The lowest BCUT2D eigenvalue weighted by molar-refractivity contribution is -0.405. The fraction of sp³-hybridized carbons (Fsp3) is 0.333. The third kappa shape index (κ3) is 4.94. The zero-order chi connectivity index (χ0) is 5.86. The number of aliphatic hydroxyl groups is 1. The van der Waals surface area contributed by atoms with Crippen LogP contribution in [0.4, 0.5) is 0 Å². The zero-order valence-corrected chi connectivity index (χ0v) is 3.79. The summed E-state index contributed by atoms with van der Waals surface area (Å²) in [5.74, 6) is -0.287. The van der Waals surface area contributed by atoms with Crippen molar-refractivity contribution in [3.8, 4) is 0 Å². The molecule has 0 bridgehead atoms. The van der Waals surface area contributed by atoms with Crippen molar-refractivity contribution >= 4 is 0 Å². The van der Waals surface area contributed by atoms with Gasteiger partial charge in [-0.3, -0.25) is 10.1 Å². The molecule has 0 saturated carbocycles. The summed E-state index contributed by atoms with van der Waals surface area (Å²) in [5, 5.41) is 17.5. The lowest BCUT2D eigenvalue weighted by atomic mass is 10.6. The van der Waals surface area contributed by atoms with E-state index in [0.29, 0.717) is 6.20 Å². The molecule has 0 aliphatic rings. The molecule has 40 valence electrons. The van der Waals surface area contributed by atoms with Crippen LogP contribution in [0.3, 0.4) is 0 Å². The Labute approximate surface area is 40.2 Å². The maximum Gasteiger partial charge on any atom is 0.271 e. The van der Waals surface area contributed by atoms with Crippen molar-refractivity contribution in [2.24, 2.45) is 0 Å². The minimum absolute atomic E-state index is 0.287. The largest absolute Gasteiger partial charge is 0.506 e. The summed E-state index contributed by atoms with van der Waals surface area (Å²) in [4.78, 5) is 8.67. The smallest absolute Gasteiger partial charge is 0.271 e. The molecule has 0 amide bonds. The lowest BCUT2D eigenvalue weighted by Gasteiger charge is -1.77. The molecule has 0 unspecified atom stereocenters. The Kier molecular flexibility index (Phi) is 1.84. The van der Waals surface area contributed by atoms with Crippen molar-refractivity contribution in [2.45, 2.75) is 6.92 Å². The number of rotatable bonds is 1. The summed E-state index contributed by atoms with van der Waals surface area (Å²) in [6.45, 7) is 1.24. The van der Waals surface area contributed by atoms with Crippen LogP contribution in [0.25, 0.3) is 0 Å². The molecule has 0 heterocycles. The van der Waals surface area contributed by atoms with Crippen molar-refractivity contribution in [2.75, 3.05) is 0 Å². The highest BCUT2D eigenvalue weighted by Crippen LogP contribution is 1.81. The van der Waals surface area contributed by atoms with Crippen LogP contribution >= 0.6 is 0 Å². The van der Waals surface area contributed by atoms with Gasteiger partial charge in [0, 0.05) is 0 Å². The average Bonchev–Trinajstić information content (AvgIpc) is 1.27. The van der Waals surface area contributed by atoms with Gasteiger partial charge in [0.2, 0.25) is 0 Å². The van der Waals surface area contributed by atoms with Crippen molar-refractivity contribution < 1.29 is 10.0 Å². The average molecular weight is 103 g/mol. The highest BCUT2D eigenvalue weighted by atomic mass is 16.6. The highest BCUT2D eigenvalue weighted by Gasteiger charge is 1.86. The van der Waals surface area contributed by atoms with Gasteiger partial charge in [0.15, 0.2) is 5.76 Å². The van der Waals surface area contributed by atoms with Gasteiger partial charge < -0.3 is 5.11 Å². The van der Waals surface area contributed by atoms with E-state index in [1.54, 1.807) is 0 Å². The van der Waals surface area contributed by atoms with Crippen LogP contribution in [0.2, 0.25) is 0 Å². The van der Waals surface area contributed by atoms with Gasteiger partial charge in [-0.15, -0.1) is 0 Å². The lowest BCUT2D eigenvalue weighted by Crippen LogP contribution is -1.84.